The largest absolute Gasteiger partial charge is 0.504 e. The monoisotopic (exact) mass is 359 g/mol. The molecule has 0 spiro atoms. The van der Waals surface area contributed by atoms with Crippen molar-refractivity contribution >= 4 is 11.9 Å². The zero-order chi connectivity index (χ0) is 19.3. The maximum Gasteiger partial charge on any atom is 0.338 e. The van der Waals surface area contributed by atoms with Gasteiger partial charge in [0.05, 0.1) is 5.56 Å². The highest BCUT2D eigenvalue weighted by molar-refractivity contribution is 5.89. The fraction of sp³-hybridized carbons (Fsp3) is 0.263. The zero-order valence-corrected chi connectivity index (χ0v) is 14.2. The van der Waals surface area contributed by atoms with E-state index < -0.39 is 30.0 Å². The first-order valence-electron chi connectivity index (χ1n) is 8.06. The molecule has 0 heterocycles. The number of carbonyl (C=O) groups excluding carboxylic acids is 1. The molecule has 7 nitrogen and oxygen atoms in total. The van der Waals surface area contributed by atoms with Gasteiger partial charge in [-0.1, -0.05) is 24.3 Å². The van der Waals surface area contributed by atoms with Crippen LogP contribution in [-0.4, -0.2) is 39.4 Å². The lowest BCUT2D eigenvalue weighted by molar-refractivity contribution is -0.139. The molecule has 0 radical (unpaired) electrons. The number of carboxylic acids is 1. The molecule has 3 atom stereocenters. The van der Waals surface area contributed by atoms with Crippen LogP contribution < -0.4 is 5.73 Å². The number of aromatic hydroxyl groups is 2. The van der Waals surface area contributed by atoms with E-state index in [0.29, 0.717) is 11.1 Å². The molecular weight excluding hydrogens is 338 g/mol. The van der Waals surface area contributed by atoms with Crippen molar-refractivity contribution in [2.75, 3.05) is 0 Å². The Kier molecular flexibility index (Phi) is 6.19. The van der Waals surface area contributed by atoms with E-state index in [2.05, 4.69) is 0 Å². The van der Waals surface area contributed by atoms with E-state index in [4.69, 9.17) is 10.5 Å². The van der Waals surface area contributed by atoms with Crippen LogP contribution in [-0.2, 0) is 9.53 Å². The number of carbonyl (C=O) groups is 2. The third-order valence-corrected chi connectivity index (χ3v) is 4.05. The van der Waals surface area contributed by atoms with Gasteiger partial charge >= 0.3 is 11.9 Å². The number of esters is 1. The third kappa shape index (κ3) is 4.73. The van der Waals surface area contributed by atoms with Crippen LogP contribution in [0.3, 0.4) is 0 Å². The summed E-state index contributed by atoms with van der Waals surface area (Å²) >= 11 is 0. The first-order valence-corrected chi connectivity index (χ1v) is 8.06. The van der Waals surface area contributed by atoms with E-state index in [1.807, 2.05) is 0 Å². The third-order valence-electron chi connectivity index (χ3n) is 4.05. The van der Waals surface area contributed by atoms with Crippen molar-refractivity contribution in [3.05, 3.63) is 59.7 Å². The Labute approximate surface area is 150 Å². The van der Waals surface area contributed by atoms with Crippen LogP contribution >= 0.6 is 0 Å². The van der Waals surface area contributed by atoms with Crippen molar-refractivity contribution in [3.8, 4) is 11.5 Å². The summed E-state index contributed by atoms with van der Waals surface area (Å²) in [5, 5.41) is 28.4. The van der Waals surface area contributed by atoms with Gasteiger partial charge in [0.2, 0.25) is 0 Å². The minimum atomic E-state index is -1.27. The van der Waals surface area contributed by atoms with E-state index in [1.165, 1.54) is 18.2 Å². The van der Waals surface area contributed by atoms with Crippen LogP contribution in [0.4, 0.5) is 0 Å². The summed E-state index contributed by atoms with van der Waals surface area (Å²) in [6.07, 6.45) is -0.481. The lowest BCUT2D eigenvalue weighted by Crippen LogP contribution is -2.38. The van der Waals surface area contributed by atoms with Crippen LogP contribution in [0.25, 0.3) is 0 Å². The molecule has 0 aliphatic carbocycles. The zero-order valence-electron chi connectivity index (χ0n) is 14.2. The highest BCUT2D eigenvalue weighted by Crippen LogP contribution is 2.32. The summed E-state index contributed by atoms with van der Waals surface area (Å²) in [6, 6.07) is 11.2. The molecule has 0 aliphatic rings. The lowest BCUT2D eigenvalue weighted by Gasteiger charge is -2.25. The van der Waals surface area contributed by atoms with E-state index in [-0.39, 0.29) is 17.9 Å². The highest BCUT2D eigenvalue weighted by Gasteiger charge is 2.29. The van der Waals surface area contributed by atoms with Crippen LogP contribution in [0, 0.1) is 0 Å². The Morgan fingerprint density at radius 3 is 2.31 bits per heavy atom. The topological polar surface area (TPSA) is 130 Å². The van der Waals surface area contributed by atoms with Gasteiger partial charge in [0, 0.05) is 5.92 Å². The molecule has 0 aromatic heterocycles. The van der Waals surface area contributed by atoms with Gasteiger partial charge in [-0.2, -0.15) is 0 Å². The number of rotatable bonds is 7. The normalized spacial score (nSPS) is 14.2. The second kappa shape index (κ2) is 8.35. The summed E-state index contributed by atoms with van der Waals surface area (Å²) in [7, 11) is 0. The van der Waals surface area contributed by atoms with E-state index in [1.54, 1.807) is 37.3 Å². The standard InChI is InChI=1S/C19H21NO6/c1-11(26-19(25)12-5-3-2-4-6-12)9-14(17(20)18(23)24)13-7-8-15(21)16(22)10-13/h2-8,10-11,14,17,21-22H,9,20H2,1H3,(H,23,24)/t11?,14?,17-/m0/s1. The van der Waals surface area contributed by atoms with Gasteiger partial charge in [0.1, 0.15) is 12.1 Å². The maximum atomic E-state index is 12.1. The number of phenolic OH excluding ortho intramolecular Hbond substituents is 2. The average Bonchev–Trinajstić information content (AvgIpc) is 2.62. The number of phenols is 2. The Morgan fingerprint density at radius 2 is 1.73 bits per heavy atom. The van der Waals surface area contributed by atoms with Crippen molar-refractivity contribution in [1.29, 1.82) is 0 Å². The Bertz CT molecular complexity index is 777. The number of carboxylic acid groups (broad SMARTS) is 1. The molecule has 7 heteroatoms. The number of ether oxygens (including phenoxy) is 1. The van der Waals surface area contributed by atoms with Gasteiger partial charge in [0.25, 0.3) is 0 Å². The van der Waals surface area contributed by atoms with Crippen molar-refractivity contribution < 1.29 is 29.6 Å². The molecule has 2 unspecified atom stereocenters. The quantitative estimate of drug-likeness (QED) is 0.440. The average molecular weight is 359 g/mol. The molecule has 138 valence electrons. The fourth-order valence-electron chi connectivity index (χ4n) is 2.66. The molecule has 2 rings (SSSR count). The number of hydrogen-bond donors (Lipinski definition) is 4. The van der Waals surface area contributed by atoms with Gasteiger partial charge in [-0.3, -0.25) is 4.79 Å². The van der Waals surface area contributed by atoms with Gasteiger partial charge < -0.3 is 25.8 Å². The number of hydrogen-bond acceptors (Lipinski definition) is 6. The van der Waals surface area contributed by atoms with Crippen molar-refractivity contribution in [2.24, 2.45) is 5.73 Å². The lowest BCUT2D eigenvalue weighted by atomic mass is 9.87. The predicted octanol–water partition coefficient (Wildman–Crippen LogP) is 2.23. The number of aliphatic carboxylic acids is 1. The smallest absolute Gasteiger partial charge is 0.338 e. The minimum Gasteiger partial charge on any atom is -0.504 e. The van der Waals surface area contributed by atoms with Crippen LogP contribution in [0.5, 0.6) is 11.5 Å². The molecule has 5 N–H and O–H groups in total. The summed E-state index contributed by atoms with van der Waals surface area (Å²) in [4.78, 5) is 23.5. The molecule has 26 heavy (non-hydrogen) atoms. The van der Waals surface area contributed by atoms with Gasteiger partial charge in [-0.25, -0.2) is 4.79 Å². The highest BCUT2D eigenvalue weighted by atomic mass is 16.5. The molecule has 0 fully saturated rings. The summed E-state index contributed by atoms with van der Waals surface area (Å²) in [5.74, 6) is -3.16. The predicted molar refractivity (Wildman–Crippen MR) is 94.1 cm³/mol. The minimum absolute atomic E-state index is 0.135. The SMILES string of the molecule is CC(CC(c1ccc(O)c(O)c1)[C@H](N)C(=O)O)OC(=O)c1ccccc1. The fourth-order valence-corrected chi connectivity index (χ4v) is 2.66. The summed E-state index contributed by atoms with van der Waals surface area (Å²) in [6.45, 7) is 1.64. The van der Waals surface area contributed by atoms with Gasteiger partial charge in [0.15, 0.2) is 11.5 Å². The van der Waals surface area contributed by atoms with Crippen LogP contribution in [0.15, 0.2) is 48.5 Å². The number of nitrogens with two attached hydrogens (primary N) is 1. The molecule has 0 amide bonds. The van der Waals surface area contributed by atoms with Gasteiger partial charge in [-0.15, -0.1) is 0 Å². The molecule has 2 aromatic rings. The van der Waals surface area contributed by atoms with E-state index >= 15 is 0 Å². The van der Waals surface area contributed by atoms with Crippen LogP contribution in [0.2, 0.25) is 0 Å². The Hall–Kier alpha value is -3.06. The first-order chi connectivity index (χ1) is 12.3. The molecule has 0 saturated carbocycles. The number of benzene rings is 2. The van der Waals surface area contributed by atoms with E-state index in [0.717, 1.165) is 0 Å². The van der Waals surface area contributed by atoms with Crippen molar-refractivity contribution in [1.82, 2.24) is 0 Å². The molecule has 0 bridgehead atoms. The van der Waals surface area contributed by atoms with E-state index in [9.17, 15) is 24.9 Å². The second-order valence-electron chi connectivity index (χ2n) is 6.04. The Morgan fingerprint density at radius 1 is 1.08 bits per heavy atom. The molecule has 0 aliphatic heterocycles. The molecule has 0 saturated heterocycles. The summed E-state index contributed by atoms with van der Waals surface area (Å²) in [5.41, 5.74) is 6.61. The van der Waals surface area contributed by atoms with Crippen molar-refractivity contribution in [3.63, 3.8) is 0 Å². The van der Waals surface area contributed by atoms with Gasteiger partial charge in [-0.05, 0) is 43.2 Å². The maximum absolute atomic E-state index is 12.1. The van der Waals surface area contributed by atoms with Crippen molar-refractivity contribution in [2.45, 2.75) is 31.4 Å². The molecule has 2 aromatic carbocycles. The second-order valence-corrected chi connectivity index (χ2v) is 6.04. The summed E-state index contributed by atoms with van der Waals surface area (Å²) < 4.78 is 5.37. The van der Waals surface area contributed by atoms with Crippen LogP contribution in [0.1, 0.15) is 35.2 Å². The first kappa shape index (κ1) is 19.3. The Balaban J connectivity index is 2.16. The molecular formula is C19H21NO6.